The van der Waals surface area contributed by atoms with Crippen LogP contribution >= 0.6 is 11.3 Å². The predicted octanol–water partition coefficient (Wildman–Crippen LogP) is 4.68. The van der Waals surface area contributed by atoms with Gasteiger partial charge >= 0.3 is 0 Å². The van der Waals surface area contributed by atoms with Gasteiger partial charge in [0, 0.05) is 49.5 Å². The molecule has 3 heterocycles. The molecule has 140 valence electrons. The molecule has 1 saturated heterocycles. The summed E-state index contributed by atoms with van der Waals surface area (Å²) < 4.78 is 1.14. The van der Waals surface area contributed by atoms with E-state index in [0.717, 1.165) is 42.9 Å². The summed E-state index contributed by atoms with van der Waals surface area (Å²) in [5, 5.41) is 0. The lowest BCUT2D eigenvalue weighted by molar-refractivity contribution is 0.250. The lowest BCUT2D eigenvalue weighted by Gasteiger charge is -2.36. The van der Waals surface area contributed by atoms with Crippen molar-refractivity contribution in [2.75, 3.05) is 31.1 Å². The minimum absolute atomic E-state index is 1.01. The topological polar surface area (TPSA) is 32.3 Å². The van der Waals surface area contributed by atoms with Crippen LogP contribution in [0.15, 0.2) is 73.2 Å². The Kier molecular flexibility index (Phi) is 4.77. The highest BCUT2D eigenvalue weighted by molar-refractivity contribution is 7.22. The highest BCUT2D eigenvalue weighted by atomic mass is 32.1. The lowest BCUT2D eigenvalue weighted by atomic mass is 10.1. The summed E-state index contributed by atoms with van der Waals surface area (Å²) in [6.07, 6.45) is 3.50. The van der Waals surface area contributed by atoms with E-state index in [1.165, 1.54) is 21.7 Å². The van der Waals surface area contributed by atoms with Crippen molar-refractivity contribution in [2.45, 2.75) is 6.54 Å². The monoisotopic (exact) mass is 386 g/mol. The first-order chi connectivity index (χ1) is 13.8. The third-order valence-corrected chi connectivity index (χ3v) is 6.44. The second-order valence-corrected chi connectivity index (χ2v) is 8.26. The molecule has 0 atom stereocenters. The predicted molar refractivity (Wildman–Crippen MR) is 117 cm³/mol. The Bertz CT molecular complexity index is 1020. The summed E-state index contributed by atoms with van der Waals surface area (Å²) in [6, 6.07) is 21.8. The molecular formula is C23H22N4S. The summed E-state index contributed by atoms with van der Waals surface area (Å²) in [7, 11) is 0. The van der Waals surface area contributed by atoms with E-state index in [2.05, 4.69) is 80.4 Å². The number of para-hydroxylation sites is 1. The van der Waals surface area contributed by atoms with Gasteiger partial charge in [-0.05, 0) is 29.3 Å². The number of hydrogen-bond donors (Lipinski definition) is 0. The number of fused-ring (bicyclic) bond motifs is 1. The van der Waals surface area contributed by atoms with Crippen LogP contribution in [0.2, 0.25) is 0 Å². The standard InChI is InChI=1S/C23H22N4S/c1-2-4-20(5-3-1)27-12-10-26(11-13-27)16-18-6-8-19(9-7-18)22-14-21-23(28-22)15-24-17-25-21/h1-9,14-15,17H,10-13,16H2. The fourth-order valence-electron chi connectivity index (χ4n) is 3.76. The Balaban J connectivity index is 1.22. The minimum atomic E-state index is 1.01. The fourth-order valence-corrected chi connectivity index (χ4v) is 4.75. The SMILES string of the molecule is c1ccc(N2CCN(Cc3ccc(-c4cc5ncncc5s4)cc3)CC2)cc1. The molecule has 5 rings (SSSR count). The molecule has 2 aromatic heterocycles. The quantitative estimate of drug-likeness (QED) is 0.510. The molecule has 0 aliphatic carbocycles. The Hall–Kier alpha value is -2.76. The average molecular weight is 387 g/mol. The van der Waals surface area contributed by atoms with Crippen molar-refractivity contribution >= 4 is 27.2 Å². The molecule has 1 aliphatic rings. The molecule has 0 spiro atoms. The second kappa shape index (κ2) is 7.70. The number of benzene rings is 2. The van der Waals surface area contributed by atoms with Crippen LogP contribution in [0.3, 0.4) is 0 Å². The number of piperazine rings is 1. The van der Waals surface area contributed by atoms with Crippen LogP contribution in [-0.4, -0.2) is 41.0 Å². The van der Waals surface area contributed by atoms with Crippen molar-refractivity contribution in [1.82, 2.24) is 14.9 Å². The van der Waals surface area contributed by atoms with Gasteiger partial charge in [-0.3, -0.25) is 4.90 Å². The minimum Gasteiger partial charge on any atom is -0.369 e. The summed E-state index contributed by atoms with van der Waals surface area (Å²) in [4.78, 5) is 14.7. The van der Waals surface area contributed by atoms with Gasteiger partial charge in [0.1, 0.15) is 6.33 Å². The van der Waals surface area contributed by atoms with Gasteiger partial charge in [-0.15, -0.1) is 11.3 Å². The van der Waals surface area contributed by atoms with Gasteiger partial charge in [0.15, 0.2) is 0 Å². The number of anilines is 1. The first kappa shape index (κ1) is 17.3. The maximum Gasteiger partial charge on any atom is 0.116 e. The number of thiophene rings is 1. The zero-order valence-corrected chi connectivity index (χ0v) is 16.5. The Labute approximate surface area is 169 Å². The summed E-state index contributed by atoms with van der Waals surface area (Å²) in [5.41, 5.74) is 4.98. The van der Waals surface area contributed by atoms with Crippen LogP contribution < -0.4 is 4.90 Å². The number of aromatic nitrogens is 2. The molecule has 1 fully saturated rings. The van der Waals surface area contributed by atoms with Crippen molar-refractivity contribution < 1.29 is 0 Å². The van der Waals surface area contributed by atoms with Gasteiger partial charge in [0.05, 0.1) is 10.2 Å². The largest absolute Gasteiger partial charge is 0.369 e. The van der Waals surface area contributed by atoms with Crippen molar-refractivity contribution in [1.29, 1.82) is 0 Å². The summed E-state index contributed by atoms with van der Waals surface area (Å²) in [6.45, 7) is 5.40. The van der Waals surface area contributed by atoms with Gasteiger partial charge in [0.2, 0.25) is 0 Å². The molecule has 0 bridgehead atoms. The van der Waals surface area contributed by atoms with E-state index < -0.39 is 0 Å². The van der Waals surface area contributed by atoms with Crippen molar-refractivity contribution in [3.8, 4) is 10.4 Å². The van der Waals surface area contributed by atoms with E-state index in [9.17, 15) is 0 Å². The molecule has 28 heavy (non-hydrogen) atoms. The lowest BCUT2D eigenvalue weighted by Crippen LogP contribution is -2.45. The van der Waals surface area contributed by atoms with Gasteiger partial charge < -0.3 is 4.90 Å². The first-order valence-electron chi connectivity index (χ1n) is 9.66. The molecule has 0 amide bonds. The van der Waals surface area contributed by atoms with Crippen molar-refractivity contribution in [2.24, 2.45) is 0 Å². The number of hydrogen-bond acceptors (Lipinski definition) is 5. The summed E-state index contributed by atoms with van der Waals surface area (Å²) >= 11 is 1.75. The normalized spacial score (nSPS) is 15.2. The van der Waals surface area contributed by atoms with Crippen LogP contribution in [0.25, 0.3) is 20.7 Å². The second-order valence-electron chi connectivity index (χ2n) is 7.18. The summed E-state index contributed by atoms with van der Waals surface area (Å²) in [5.74, 6) is 0. The Morgan fingerprint density at radius 3 is 2.43 bits per heavy atom. The number of nitrogens with zero attached hydrogens (tertiary/aromatic N) is 4. The Morgan fingerprint density at radius 2 is 1.68 bits per heavy atom. The molecule has 2 aromatic carbocycles. The third-order valence-electron chi connectivity index (χ3n) is 5.33. The molecular weight excluding hydrogens is 364 g/mol. The Morgan fingerprint density at radius 1 is 0.893 bits per heavy atom. The van der Waals surface area contributed by atoms with Crippen molar-refractivity contribution in [3.05, 3.63) is 78.8 Å². The van der Waals surface area contributed by atoms with E-state index in [4.69, 9.17) is 0 Å². The van der Waals surface area contributed by atoms with Crippen LogP contribution in [0.4, 0.5) is 5.69 Å². The van der Waals surface area contributed by atoms with Crippen LogP contribution in [0.1, 0.15) is 5.56 Å². The van der Waals surface area contributed by atoms with E-state index in [1.807, 2.05) is 6.20 Å². The van der Waals surface area contributed by atoms with Crippen LogP contribution in [0.5, 0.6) is 0 Å². The van der Waals surface area contributed by atoms with Gasteiger partial charge in [-0.1, -0.05) is 42.5 Å². The molecule has 4 aromatic rings. The van der Waals surface area contributed by atoms with Crippen LogP contribution in [-0.2, 0) is 6.54 Å². The molecule has 1 aliphatic heterocycles. The zero-order chi connectivity index (χ0) is 18.8. The van der Waals surface area contributed by atoms with Crippen molar-refractivity contribution in [3.63, 3.8) is 0 Å². The smallest absolute Gasteiger partial charge is 0.116 e. The van der Waals surface area contributed by atoms with Gasteiger partial charge in [-0.2, -0.15) is 0 Å². The van der Waals surface area contributed by atoms with Crippen LogP contribution in [0, 0.1) is 0 Å². The maximum atomic E-state index is 4.34. The van der Waals surface area contributed by atoms with E-state index in [1.54, 1.807) is 17.7 Å². The van der Waals surface area contributed by atoms with E-state index in [-0.39, 0.29) is 0 Å². The molecule has 4 nitrogen and oxygen atoms in total. The highest BCUT2D eigenvalue weighted by Gasteiger charge is 2.17. The van der Waals surface area contributed by atoms with E-state index >= 15 is 0 Å². The third kappa shape index (κ3) is 3.63. The molecule has 0 unspecified atom stereocenters. The molecule has 5 heteroatoms. The maximum absolute atomic E-state index is 4.34. The molecule has 0 radical (unpaired) electrons. The van der Waals surface area contributed by atoms with Gasteiger partial charge in [-0.25, -0.2) is 9.97 Å². The molecule has 0 saturated carbocycles. The first-order valence-corrected chi connectivity index (χ1v) is 10.5. The highest BCUT2D eigenvalue weighted by Crippen LogP contribution is 2.32. The fraction of sp³-hybridized carbons (Fsp3) is 0.217. The molecule has 0 N–H and O–H groups in total. The van der Waals surface area contributed by atoms with Gasteiger partial charge in [0.25, 0.3) is 0 Å². The zero-order valence-electron chi connectivity index (χ0n) is 15.7. The number of rotatable bonds is 4. The average Bonchev–Trinajstić information content (AvgIpc) is 3.20. The van der Waals surface area contributed by atoms with E-state index in [0.29, 0.717) is 0 Å².